The summed E-state index contributed by atoms with van der Waals surface area (Å²) >= 11 is 1.31. The summed E-state index contributed by atoms with van der Waals surface area (Å²) in [5.41, 5.74) is 18.0. The molecule has 0 aliphatic carbocycles. The number of carbonyl (C=O) groups is 17. The van der Waals surface area contributed by atoms with E-state index in [1.54, 1.807) is 92.0 Å². The van der Waals surface area contributed by atoms with Gasteiger partial charge in [-0.3, -0.25) is 92.3 Å². The van der Waals surface area contributed by atoms with Crippen LogP contribution in [0, 0.1) is 34.5 Å². The highest BCUT2D eigenvalue weighted by Gasteiger charge is 2.43. The molecule has 5 rings (SSSR count). The van der Waals surface area contributed by atoms with Gasteiger partial charge in [-0.05, 0) is 117 Å². The number of nitrogens with two attached hydrogens (primary N) is 3. The van der Waals surface area contributed by atoms with Crippen molar-refractivity contribution in [3.8, 4) is 5.75 Å². The van der Waals surface area contributed by atoms with E-state index in [1.807, 2.05) is 0 Å². The number of aromatic nitrogens is 2. The number of phenolic OH excluding ortho intramolecular Hbond substituents is 1. The van der Waals surface area contributed by atoms with Gasteiger partial charge in [0.15, 0.2) is 11.9 Å². The number of aromatic amines is 1. The molecule has 3 aromatic rings. The molecular weight excluding hydrogens is 1880 g/mol. The monoisotopic (exact) mass is 2020 g/mol. The summed E-state index contributed by atoms with van der Waals surface area (Å²) in [4.78, 5) is 257. The molecular formula is C89H141N25O23S3. The molecule has 2 aliphatic heterocycles. The standard InChI is InChI=1S/C89H141N25O23S3/c1-48(2)35-59(73(90)120)104-80(127)64(42-115)109-78(125)61(37-52-17-12-11-13-18-52)107-83(130)67-46-140-139-45-66(110-85(132)71(50(5)6)112-75(122)57(26-34-138-10)103-79(126)63(39-54-40-95-47-99-54)101-70(119)44-137-33-32-136-31-30-135-9)82(129)105-60(36-49(3)4)76(123)108-65(43-116)81(128)106-62(38-53-22-24-55(117)25-23-53)77(124)102-56(19-14-27-96-88(91)92)74(121)98-41-69(118)100-58(20-15-28-97-89(93)94)87(134)114-29-16-21-68(114)84(131)113-72(51(7)8)86(133)111-67/h11-13,17-18,22-25,40,47-51,56-68,71-72,115-117H,14-16,19-21,26-39,41-46H2,1-10H3,(H2,90,120)(H,95,99)(H,98,121)(H,100,118)(H,101,119)(H,102,124)(H,103,126)(H,104,127)(H,105,129)(H,106,128)(H,107,130)(H,108,123)(H,109,125)(H,110,132)(H,111,133)(H,112,122)(H,113,131)(H4,91,92,96)(H4,93,94,97)/t56-,57-,58-,59-,60-,61-,62-,63-,64-,65-,66-,67-,68-,71-,72-/m0/s1. The van der Waals surface area contributed by atoms with Gasteiger partial charge in [-0.15, -0.1) is 0 Å². The Hall–Kier alpha value is -12.2. The van der Waals surface area contributed by atoms with Gasteiger partial charge in [-0.25, -0.2) is 4.98 Å². The Morgan fingerprint density at radius 1 is 0.593 bits per heavy atom. The maximum atomic E-state index is 15.5. The number of hydrogen-bond donors (Lipinski definition) is 26. The Balaban J connectivity index is 1.70. The van der Waals surface area contributed by atoms with Crippen LogP contribution < -0.4 is 108 Å². The fourth-order valence-corrected chi connectivity index (χ4v) is 17.3. The minimum absolute atomic E-state index is 0.00937. The van der Waals surface area contributed by atoms with Crippen LogP contribution >= 0.6 is 33.3 Å². The molecule has 2 saturated heterocycles. The van der Waals surface area contributed by atoms with Crippen molar-refractivity contribution >= 4 is 146 Å². The van der Waals surface area contributed by atoms with E-state index in [0.717, 1.165) is 21.6 Å². The third kappa shape index (κ3) is 42.9. The second kappa shape index (κ2) is 62.8. The molecule has 0 radical (unpaired) electrons. The van der Waals surface area contributed by atoms with Crippen LogP contribution in [0.3, 0.4) is 0 Å². The number of H-pyrrole nitrogens is 1. The van der Waals surface area contributed by atoms with Gasteiger partial charge < -0.3 is 147 Å². The van der Waals surface area contributed by atoms with Gasteiger partial charge in [0.05, 0.1) is 52.5 Å². The smallest absolute Gasteiger partial charge is 0.246 e. The predicted molar refractivity (Wildman–Crippen MR) is 521 cm³/mol. The molecule has 48 nitrogen and oxygen atoms in total. The van der Waals surface area contributed by atoms with Crippen molar-refractivity contribution in [2.75, 3.05) is 103 Å². The molecule has 3 heterocycles. The summed E-state index contributed by atoms with van der Waals surface area (Å²) in [5, 5.41) is 91.7. The van der Waals surface area contributed by atoms with Crippen molar-refractivity contribution in [3.63, 3.8) is 0 Å². The van der Waals surface area contributed by atoms with Crippen LogP contribution in [0.5, 0.6) is 5.75 Å². The number of primary amides is 1. The van der Waals surface area contributed by atoms with E-state index >= 15 is 28.8 Å². The minimum Gasteiger partial charge on any atom is -0.508 e. The molecule has 2 aromatic carbocycles. The minimum atomic E-state index is -1.95. The van der Waals surface area contributed by atoms with E-state index < -0.39 is 259 Å². The molecule has 0 saturated carbocycles. The number of imidazole rings is 1. The summed E-state index contributed by atoms with van der Waals surface area (Å²) in [6, 6.07) is -10.2. The van der Waals surface area contributed by atoms with E-state index in [-0.39, 0.29) is 134 Å². The SMILES string of the molecule is COCCOCCOCC(=O)N[C@@H](Cc1cnc[nH]1)C(=O)N[C@@H](CCSC)C(=O)N[C@H](C(=O)N[C@H]1CSSC[C@@H](C(=O)N[C@@H](Cc2ccccc2)C(=O)N[C@@H](CO)C(=O)N[C@@H](CC(C)C)C(N)=O)NC(=O)[C@H](C(C)C)NC(=O)[C@@H]2CCCN2C(=O)[C@H](CCCNC(=N)N)NC(=O)CNC(=O)[C@H](CCCNC(=N)N)NC(=O)[C@H](Cc2ccc(O)cc2)NC(=O)[C@H](CO)NC(=O)[C@H](CC(C)C)NC1=O)C(C)C. The Labute approximate surface area is 825 Å². The lowest BCUT2D eigenvalue weighted by atomic mass is 10.0. The van der Waals surface area contributed by atoms with Crippen LogP contribution in [0.1, 0.15) is 130 Å². The second-order valence-electron chi connectivity index (χ2n) is 35.1. The molecule has 15 atom stereocenters. The fraction of sp³-hybridized carbons (Fsp3) is 0.618. The lowest BCUT2D eigenvalue weighted by molar-refractivity contribution is -0.142. The zero-order valence-corrected chi connectivity index (χ0v) is 83.0. The van der Waals surface area contributed by atoms with Crippen molar-refractivity contribution in [2.24, 2.45) is 40.9 Å². The number of nitrogens with zero attached hydrogens (tertiary/aromatic N) is 2. The number of amides is 17. The number of methoxy groups -OCH3 is 1. The first kappa shape index (κ1) is 118. The topological polar surface area (TPSA) is 741 Å². The molecule has 0 spiro atoms. The van der Waals surface area contributed by atoms with E-state index in [9.17, 15) is 68.1 Å². The number of thioether (sulfide) groups is 1. The number of phenols is 1. The van der Waals surface area contributed by atoms with Gasteiger partial charge in [0.2, 0.25) is 100 Å². The van der Waals surface area contributed by atoms with Gasteiger partial charge in [-0.1, -0.05) is 119 Å². The van der Waals surface area contributed by atoms with Crippen LogP contribution in [-0.4, -0.2) is 336 Å². The Morgan fingerprint density at radius 2 is 1.18 bits per heavy atom. The third-order valence-electron chi connectivity index (χ3n) is 22.0. The lowest BCUT2D eigenvalue weighted by Crippen LogP contribution is -2.62. The number of benzene rings is 2. The zero-order valence-electron chi connectivity index (χ0n) is 80.6. The molecule has 2 fully saturated rings. The maximum absolute atomic E-state index is 15.5. The van der Waals surface area contributed by atoms with E-state index in [4.69, 9.17) is 42.2 Å². The van der Waals surface area contributed by atoms with Gasteiger partial charge >= 0.3 is 0 Å². The van der Waals surface area contributed by atoms with Gasteiger partial charge in [0.1, 0.15) is 103 Å². The number of fused-ring (bicyclic) bond motifs is 1. The van der Waals surface area contributed by atoms with E-state index in [0.29, 0.717) is 23.4 Å². The zero-order chi connectivity index (χ0) is 104. The molecule has 51 heteroatoms. The molecule has 778 valence electrons. The third-order valence-corrected chi connectivity index (χ3v) is 25.1. The van der Waals surface area contributed by atoms with Crippen LogP contribution in [-0.2, 0) is 115 Å². The number of carbonyl (C=O) groups excluding carboxylic acids is 17. The van der Waals surface area contributed by atoms with Crippen LogP contribution in [0.25, 0.3) is 0 Å². The van der Waals surface area contributed by atoms with Crippen LogP contribution in [0.15, 0.2) is 67.1 Å². The first-order valence-corrected chi connectivity index (χ1v) is 50.1. The molecule has 1 aromatic heterocycles. The van der Waals surface area contributed by atoms with E-state index in [1.165, 1.54) is 60.6 Å². The number of guanidine groups is 2. The van der Waals surface area contributed by atoms with Crippen molar-refractivity contribution < 1.29 is 111 Å². The second-order valence-corrected chi connectivity index (χ2v) is 38.6. The van der Waals surface area contributed by atoms with Gasteiger partial charge in [0.25, 0.3) is 0 Å². The van der Waals surface area contributed by atoms with E-state index in [2.05, 4.69) is 100 Å². The number of aliphatic hydroxyl groups excluding tert-OH is 2. The summed E-state index contributed by atoms with van der Waals surface area (Å²) in [7, 11) is 3.09. The molecule has 140 heavy (non-hydrogen) atoms. The number of rotatable bonds is 47. The molecule has 0 bridgehead atoms. The van der Waals surface area contributed by atoms with Gasteiger partial charge in [-0.2, -0.15) is 11.8 Å². The van der Waals surface area contributed by atoms with Crippen molar-refractivity contribution in [2.45, 2.75) is 223 Å². The van der Waals surface area contributed by atoms with Crippen molar-refractivity contribution in [1.29, 1.82) is 10.8 Å². The largest absolute Gasteiger partial charge is 0.508 e. The highest BCUT2D eigenvalue weighted by Crippen LogP contribution is 2.26. The first-order chi connectivity index (χ1) is 66.6. The average Bonchev–Trinajstić information content (AvgIpc) is 1.63. The van der Waals surface area contributed by atoms with Crippen LogP contribution in [0.2, 0.25) is 0 Å². The van der Waals surface area contributed by atoms with Crippen molar-refractivity contribution in [3.05, 3.63) is 83.9 Å². The number of hydrogen-bond acceptors (Lipinski definition) is 29. The number of nitrogens with one attached hydrogen (secondary N) is 20. The lowest BCUT2D eigenvalue weighted by Gasteiger charge is -2.31. The average molecular weight is 2030 g/mol. The fourth-order valence-electron chi connectivity index (χ4n) is 14.5. The predicted octanol–water partition coefficient (Wildman–Crippen LogP) is -5.73. The normalized spacial score (nSPS) is 20.6. The highest BCUT2D eigenvalue weighted by atomic mass is 33.1. The first-order valence-electron chi connectivity index (χ1n) is 46.2. The molecule has 29 N–H and O–H groups in total. The number of aromatic hydroxyl groups is 1. The summed E-state index contributed by atoms with van der Waals surface area (Å²) in [5.74, 6) is -20.8. The Kier molecular flexibility index (Phi) is 53.1. The Bertz CT molecular complexity index is 4570. The van der Waals surface area contributed by atoms with Gasteiger partial charge in [0, 0.05) is 69.4 Å². The summed E-state index contributed by atoms with van der Waals surface area (Å²) in [6.45, 7) is 10.2. The maximum Gasteiger partial charge on any atom is 0.246 e. The number of ether oxygens (including phenoxy) is 3. The van der Waals surface area contributed by atoms with Crippen LogP contribution in [0.4, 0.5) is 0 Å². The Morgan fingerprint density at radius 3 is 1.78 bits per heavy atom. The molecule has 2 aliphatic rings. The van der Waals surface area contributed by atoms with Crippen molar-refractivity contribution in [1.82, 2.24) is 105 Å². The summed E-state index contributed by atoms with van der Waals surface area (Å²) < 4.78 is 15.9. The molecule has 0 unspecified atom stereocenters. The quantitative estimate of drug-likeness (QED) is 0.0108. The molecule has 17 amide bonds. The summed E-state index contributed by atoms with van der Waals surface area (Å²) in [6.07, 6.45) is 3.42. The number of aliphatic hydroxyl groups is 2. The highest BCUT2D eigenvalue weighted by molar-refractivity contribution is 8.76.